The van der Waals surface area contributed by atoms with Gasteiger partial charge in [0, 0.05) is 13.6 Å². The van der Waals surface area contributed by atoms with Gasteiger partial charge in [0.25, 0.3) is 0 Å². The van der Waals surface area contributed by atoms with Gasteiger partial charge in [0.1, 0.15) is 0 Å². The Labute approximate surface area is 96.3 Å². The smallest absolute Gasteiger partial charge is 0.168 e. The average molecular weight is 218 g/mol. The van der Waals surface area contributed by atoms with Gasteiger partial charge in [-0.05, 0) is 37.3 Å². The second-order valence-electron chi connectivity index (χ2n) is 4.08. The Bertz CT molecular complexity index is 365. The largest absolute Gasteiger partial charge is 0.461 e. The molecule has 0 amide bonds. The third-order valence-corrected chi connectivity index (χ3v) is 2.91. The van der Waals surface area contributed by atoms with Crippen molar-refractivity contribution < 1.29 is 4.42 Å². The van der Waals surface area contributed by atoms with Crippen molar-refractivity contribution in [1.82, 2.24) is 5.32 Å². The Balaban J connectivity index is 1.86. The second-order valence-corrected chi connectivity index (χ2v) is 4.08. The monoisotopic (exact) mass is 218 g/mol. The number of aliphatic imine (C=N–C) groups is 1. The summed E-state index contributed by atoms with van der Waals surface area (Å²) in [4.78, 5) is 4.21. The van der Waals surface area contributed by atoms with E-state index in [1.807, 2.05) is 12.1 Å². The normalized spacial score (nSPS) is 21.1. The highest BCUT2D eigenvalue weighted by atomic mass is 16.3. The summed E-state index contributed by atoms with van der Waals surface area (Å²) in [5.74, 6) is 2.38. The van der Waals surface area contributed by atoms with Crippen LogP contribution >= 0.6 is 0 Å². The molecule has 3 nitrogen and oxygen atoms in total. The minimum absolute atomic E-state index is 0.719. The van der Waals surface area contributed by atoms with Gasteiger partial charge >= 0.3 is 0 Å². The van der Waals surface area contributed by atoms with E-state index in [-0.39, 0.29) is 0 Å². The molecular formula is C13H18N2O. The summed E-state index contributed by atoms with van der Waals surface area (Å²) < 4.78 is 5.32. The molecule has 1 aliphatic rings. The molecule has 0 aromatic carbocycles. The van der Waals surface area contributed by atoms with Gasteiger partial charge in [0.15, 0.2) is 11.6 Å². The van der Waals surface area contributed by atoms with Crippen LogP contribution in [0.2, 0.25) is 0 Å². The molecule has 0 unspecified atom stereocenters. The maximum absolute atomic E-state index is 5.32. The minimum Gasteiger partial charge on any atom is -0.461 e. The predicted octanol–water partition coefficient (Wildman–Crippen LogP) is 2.60. The van der Waals surface area contributed by atoms with Gasteiger partial charge < -0.3 is 9.73 Å². The molecule has 0 saturated carbocycles. The SMILES string of the molecule is CN=C(NC[C@@H]1CC=CCC1)c1ccco1. The molecule has 0 bridgehead atoms. The van der Waals surface area contributed by atoms with Crippen LogP contribution in [0, 0.1) is 5.92 Å². The third kappa shape index (κ3) is 2.75. The lowest BCUT2D eigenvalue weighted by molar-refractivity contribution is 0.469. The summed E-state index contributed by atoms with van der Waals surface area (Å²) in [6.07, 6.45) is 9.83. The van der Waals surface area contributed by atoms with E-state index in [4.69, 9.17) is 4.42 Å². The molecule has 16 heavy (non-hydrogen) atoms. The maximum atomic E-state index is 5.32. The van der Waals surface area contributed by atoms with E-state index in [1.54, 1.807) is 13.3 Å². The first-order valence-corrected chi connectivity index (χ1v) is 5.79. The van der Waals surface area contributed by atoms with Crippen LogP contribution in [0.25, 0.3) is 0 Å². The fourth-order valence-electron chi connectivity index (χ4n) is 1.97. The van der Waals surface area contributed by atoms with Gasteiger partial charge in [-0.25, -0.2) is 0 Å². The first-order valence-electron chi connectivity index (χ1n) is 5.79. The van der Waals surface area contributed by atoms with Crippen LogP contribution in [0.1, 0.15) is 25.0 Å². The first-order chi connectivity index (χ1) is 7.90. The van der Waals surface area contributed by atoms with Crippen molar-refractivity contribution >= 4 is 5.84 Å². The predicted molar refractivity (Wildman–Crippen MR) is 65.7 cm³/mol. The third-order valence-electron chi connectivity index (χ3n) is 2.91. The molecule has 1 N–H and O–H groups in total. The van der Waals surface area contributed by atoms with E-state index in [2.05, 4.69) is 22.5 Å². The number of hydrogen-bond donors (Lipinski definition) is 1. The van der Waals surface area contributed by atoms with E-state index in [0.717, 1.165) is 24.1 Å². The van der Waals surface area contributed by atoms with Gasteiger partial charge in [0.2, 0.25) is 0 Å². The molecule has 1 heterocycles. The van der Waals surface area contributed by atoms with E-state index < -0.39 is 0 Å². The highest BCUT2D eigenvalue weighted by Crippen LogP contribution is 2.17. The van der Waals surface area contributed by atoms with Crippen molar-refractivity contribution in [2.75, 3.05) is 13.6 Å². The number of furan rings is 1. The zero-order chi connectivity index (χ0) is 11.2. The summed E-state index contributed by atoms with van der Waals surface area (Å²) in [5.41, 5.74) is 0. The molecule has 1 atom stereocenters. The van der Waals surface area contributed by atoms with E-state index >= 15 is 0 Å². The van der Waals surface area contributed by atoms with Crippen LogP contribution in [0.15, 0.2) is 40.0 Å². The van der Waals surface area contributed by atoms with Crippen LogP contribution in [-0.4, -0.2) is 19.4 Å². The Kier molecular flexibility index (Phi) is 3.81. The molecular weight excluding hydrogens is 200 g/mol. The van der Waals surface area contributed by atoms with Gasteiger partial charge in [-0.15, -0.1) is 0 Å². The number of nitrogens with one attached hydrogen (secondary N) is 1. The molecule has 0 aliphatic heterocycles. The lowest BCUT2D eigenvalue weighted by Crippen LogP contribution is -2.30. The number of hydrogen-bond acceptors (Lipinski definition) is 2. The molecule has 0 fully saturated rings. The van der Waals surface area contributed by atoms with Crippen LogP contribution in [0.3, 0.4) is 0 Å². The zero-order valence-electron chi connectivity index (χ0n) is 9.65. The summed E-state index contributed by atoms with van der Waals surface area (Å²) >= 11 is 0. The number of allylic oxidation sites excluding steroid dienone is 2. The quantitative estimate of drug-likeness (QED) is 0.481. The standard InChI is InChI=1S/C13H18N2O/c1-14-13(12-8-5-9-16-12)15-10-11-6-3-2-4-7-11/h2-3,5,8-9,11H,4,6-7,10H2,1H3,(H,14,15)/t11-/m1/s1. The first kappa shape index (κ1) is 11.0. The fraction of sp³-hybridized carbons (Fsp3) is 0.462. The van der Waals surface area contributed by atoms with E-state index in [9.17, 15) is 0 Å². The molecule has 0 spiro atoms. The lowest BCUT2D eigenvalue weighted by Gasteiger charge is -2.18. The summed E-state index contributed by atoms with van der Waals surface area (Å²) in [7, 11) is 1.78. The van der Waals surface area contributed by atoms with E-state index in [0.29, 0.717) is 0 Å². The molecule has 86 valence electrons. The van der Waals surface area contributed by atoms with E-state index in [1.165, 1.54) is 19.3 Å². The van der Waals surface area contributed by atoms with Crippen molar-refractivity contribution in [2.45, 2.75) is 19.3 Å². The lowest BCUT2D eigenvalue weighted by atomic mass is 9.94. The Morgan fingerprint density at radius 1 is 1.56 bits per heavy atom. The van der Waals surface area contributed by atoms with Crippen molar-refractivity contribution in [3.8, 4) is 0 Å². The molecule has 1 aliphatic carbocycles. The molecule has 3 heteroatoms. The van der Waals surface area contributed by atoms with Gasteiger partial charge in [-0.3, -0.25) is 4.99 Å². The topological polar surface area (TPSA) is 37.5 Å². The summed E-state index contributed by atoms with van der Waals surface area (Å²) in [6.45, 7) is 0.970. The highest BCUT2D eigenvalue weighted by molar-refractivity contribution is 5.96. The Hall–Kier alpha value is -1.51. The van der Waals surface area contributed by atoms with Crippen LogP contribution in [0.5, 0.6) is 0 Å². The molecule has 0 saturated heterocycles. The summed E-state index contributed by atoms with van der Waals surface area (Å²) in [5, 5.41) is 3.36. The van der Waals surface area contributed by atoms with Crippen molar-refractivity contribution in [3.63, 3.8) is 0 Å². The van der Waals surface area contributed by atoms with Crippen LogP contribution in [0.4, 0.5) is 0 Å². The Morgan fingerprint density at radius 3 is 3.12 bits per heavy atom. The van der Waals surface area contributed by atoms with Gasteiger partial charge in [0.05, 0.1) is 6.26 Å². The maximum Gasteiger partial charge on any atom is 0.168 e. The number of amidine groups is 1. The van der Waals surface area contributed by atoms with Crippen molar-refractivity contribution in [2.24, 2.45) is 10.9 Å². The second kappa shape index (κ2) is 5.54. The van der Waals surface area contributed by atoms with Crippen molar-refractivity contribution in [1.29, 1.82) is 0 Å². The molecule has 1 aromatic heterocycles. The summed E-state index contributed by atoms with van der Waals surface area (Å²) in [6, 6.07) is 3.81. The Morgan fingerprint density at radius 2 is 2.50 bits per heavy atom. The van der Waals surface area contributed by atoms with Gasteiger partial charge in [-0.1, -0.05) is 12.2 Å². The van der Waals surface area contributed by atoms with Crippen LogP contribution < -0.4 is 5.32 Å². The number of nitrogens with zero attached hydrogens (tertiary/aromatic N) is 1. The fourth-order valence-corrected chi connectivity index (χ4v) is 1.97. The zero-order valence-corrected chi connectivity index (χ0v) is 9.65. The number of rotatable bonds is 3. The molecule has 0 radical (unpaired) electrons. The highest BCUT2D eigenvalue weighted by Gasteiger charge is 2.11. The van der Waals surface area contributed by atoms with Crippen LogP contribution in [-0.2, 0) is 0 Å². The minimum atomic E-state index is 0.719. The van der Waals surface area contributed by atoms with Gasteiger partial charge in [-0.2, -0.15) is 0 Å². The molecule has 1 aromatic rings. The molecule has 2 rings (SSSR count). The van der Waals surface area contributed by atoms with Crippen molar-refractivity contribution in [3.05, 3.63) is 36.3 Å². The average Bonchev–Trinajstić information content (AvgIpc) is 2.85.